The Kier molecular flexibility index (Phi) is 6.80. The molecule has 2 rings (SSSR count). The highest BCUT2D eigenvalue weighted by atomic mass is 16.5. The van der Waals surface area contributed by atoms with Crippen molar-refractivity contribution in [3.63, 3.8) is 0 Å². The van der Waals surface area contributed by atoms with Crippen molar-refractivity contribution >= 4 is 0 Å². The molecule has 1 aliphatic rings. The first-order valence-electron chi connectivity index (χ1n) is 7.90. The van der Waals surface area contributed by atoms with E-state index in [0.29, 0.717) is 35.9 Å². The molecule has 1 aromatic carbocycles. The van der Waals surface area contributed by atoms with Crippen LogP contribution in [0.2, 0.25) is 0 Å². The van der Waals surface area contributed by atoms with Crippen molar-refractivity contribution in [2.45, 2.75) is 25.9 Å². The first-order chi connectivity index (χ1) is 10.7. The van der Waals surface area contributed by atoms with Gasteiger partial charge < -0.3 is 24.3 Å². The van der Waals surface area contributed by atoms with Gasteiger partial charge in [-0.2, -0.15) is 0 Å². The smallest absolute Gasteiger partial charge is 0.203 e. The minimum Gasteiger partial charge on any atom is -0.493 e. The van der Waals surface area contributed by atoms with Gasteiger partial charge in [-0.05, 0) is 25.0 Å². The van der Waals surface area contributed by atoms with Crippen molar-refractivity contribution in [1.82, 2.24) is 5.32 Å². The Labute approximate surface area is 132 Å². The van der Waals surface area contributed by atoms with E-state index in [-0.39, 0.29) is 0 Å². The zero-order chi connectivity index (χ0) is 15.8. The van der Waals surface area contributed by atoms with Crippen LogP contribution in [0.25, 0.3) is 0 Å². The fourth-order valence-electron chi connectivity index (χ4n) is 2.54. The zero-order valence-electron chi connectivity index (χ0n) is 13.8. The average molecular weight is 309 g/mol. The number of hydrogen-bond acceptors (Lipinski definition) is 5. The van der Waals surface area contributed by atoms with E-state index in [1.807, 2.05) is 18.2 Å². The van der Waals surface area contributed by atoms with Gasteiger partial charge in [-0.25, -0.2) is 0 Å². The SMILES string of the molecule is COc1cccc(OC)c1OC[C@H](C)CNC[C@H]1CCCO1. The van der Waals surface area contributed by atoms with Crippen LogP contribution in [-0.4, -0.2) is 46.6 Å². The molecule has 1 N–H and O–H groups in total. The van der Waals surface area contributed by atoms with Gasteiger partial charge in [0.1, 0.15) is 0 Å². The summed E-state index contributed by atoms with van der Waals surface area (Å²) in [4.78, 5) is 0. The third kappa shape index (κ3) is 4.78. The number of ether oxygens (including phenoxy) is 4. The first-order valence-corrected chi connectivity index (χ1v) is 7.90. The lowest BCUT2D eigenvalue weighted by molar-refractivity contribution is 0.108. The second-order valence-corrected chi connectivity index (χ2v) is 5.70. The Morgan fingerprint density at radius 2 is 2.00 bits per heavy atom. The Bertz CT molecular complexity index is 424. The van der Waals surface area contributed by atoms with E-state index in [9.17, 15) is 0 Å². The van der Waals surface area contributed by atoms with Crippen molar-refractivity contribution in [2.75, 3.05) is 40.5 Å². The van der Waals surface area contributed by atoms with E-state index < -0.39 is 0 Å². The van der Waals surface area contributed by atoms with Gasteiger partial charge in [0.25, 0.3) is 0 Å². The van der Waals surface area contributed by atoms with Crippen LogP contribution in [0.15, 0.2) is 18.2 Å². The van der Waals surface area contributed by atoms with Crippen LogP contribution >= 0.6 is 0 Å². The van der Waals surface area contributed by atoms with Crippen LogP contribution in [-0.2, 0) is 4.74 Å². The number of para-hydroxylation sites is 1. The van der Waals surface area contributed by atoms with Crippen LogP contribution < -0.4 is 19.5 Å². The van der Waals surface area contributed by atoms with Gasteiger partial charge in [0.05, 0.1) is 26.9 Å². The molecule has 1 heterocycles. The summed E-state index contributed by atoms with van der Waals surface area (Å²) in [6.45, 7) is 5.48. The molecule has 0 spiro atoms. The maximum absolute atomic E-state index is 5.91. The van der Waals surface area contributed by atoms with Crippen molar-refractivity contribution in [2.24, 2.45) is 5.92 Å². The molecule has 124 valence electrons. The summed E-state index contributed by atoms with van der Waals surface area (Å²) in [6.07, 6.45) is 2.72. The molecular formula is C17H27NO4. The monoisotopic (exact) mass is 309 g/mol. The molecule has 0 bridgehead atoms. The molecule has 1 aliphatic heterocycles. The van der Waals surface area contributed by atoms with Gasteiger partial charge in [0.15, 0.2) is 11.5 Å². The lowest BCUT2D eigenvalue weighted by Gasteiger charge is -2.18. The molecule has 0 saturated carbocycles. The Morgan fingerprint density at radius 1 is 1.27 bits per heavy atom. The molecule has 1 saturated heterocycles. The molecule has 1 fully saturated rings. The number of benzene rings is 1. The summed E-state index contributed by atoms with van der Waals surface area (Å²) in [5, 5.41) is 3.45. The van der Waals surface area contributed by atoms with Crippen LogP contribution in [0.3, 0.4) is 0 Å². The first kappa shape index (κ1) is 16.9. The molecule has 0 aliphatic carbocycles. The van der Waals surface area contributed by atoms with Crippen LogP contribution in [0.5, 0.6) is 17.2 Å². The van der Waals surface area contributed by atoms with Crippen LogP contribution in [0.1, 0.15) is 19.8 Å². The summed E-state index contributed by atoms with van der Waals surface area (Å²) in [5.74, 6) is 2.44. The van der Waals surface area contributed by atoms with Gasteiger partial charge in [0, 0.05) is 25.6 Å². The van der Waals surface area contributed by atoms with Gasteiger partial charge in [0.2, 0.25) is 5.75 Å². The third-order valence-corrected chi connectivity index (χ3v) is 3.78. The number of nitrogens with one attached hydrogen (secondary N) is 1. The van der Waals surface area contributed by atoms with E-state index in [2.05, 4.69) is 12.2 Å². The molecule has 22 heavy (non-hydrogen) atoms. The minimum absolute atomic E-state index is 0.377. The fraction of sp³-hybridized carbons (Fsp3) is 0.647. The number of hydrogen-bond donors (Lipinski definition) is 1. The van der Waals surface area contributed by atoms with Gasteiger partial charge in [-0.3, -0.25) is 0 Å². The average Bonchev–Trinajstić information content (AvgIpc) is 3.05. The minimum atomic E-state index is 0.377. The van der Waals surface area contributed by atoms with E-state index in [1.165, 1.54) is 6.42 Å². The highest BCUT2D eigenvalue weighted by Gasteiger charge is 2.16. The molecule has 0 aromatic heterocycles. The predicted molar refractivity (Wildman–Crippen MR) is 86.0 cm³/mol. The highest BCUT2D eigenvalue weighted by molar-refractivity contribution is 5.51. The van der Waals surface area contributed by atoms with Gasteiger partial charge in [-0.1, -0.05) is 13.0 Å². The molecule has 0 amide bonds. The summed E-state index contributed by atoms with van der Waals surface area (Å²) in [5.41, 5.74) is 0. The van der Waals surface area contributed by atoms with E-state index in [4.69, 9.17) is 18.9 Å². The van der Waals surface area contributed by atoms with Gasteiger partial charge >= 0.3 is 0 Å². The fourth-order valence-corrected chi connectivity index (χ4v) is 2.54. The van der Waals surface area contributed by atoms with Crippen LogP contribution in [0.4, 0.5) is 0 Å². The van der Waals surface area contributed by atoms with Crippen molar-refractivity contribution in [3.8, 4) is 17.2 Å². The standard InChI is InChI=1S/C17H27NO4/c1-13(10-18-11-14-6-5-9-21-14)12-22-17-15(19-2)7-4-8-16(17)20-3/h4,7-8,13-14,18H,5-6,9-12H2,1-3H3/t13-,14-/m1/s1. The second-order valence-electron chi connectivity index (χ2n) is 5.70. The molecule has 0 unspecified atom stereocenters. The third-order valence-electron chi connectivity index (χ3n) is 3.78. The topological polar surface area (TPSA) is 49.0 Å². The molecule has 5 nitrogen and oxygen atoms in total. The lowest BCUT2D eigenvalue weighted by Crippen LogP contribution is -2.31. The largest absolute Gasteiger partial charge is 0.493 e. The van der Waals surface area contributed by atoms with Crippen molar-refractivity contribution in [3.05, 3.63) is 18.2 Å². The predicted octanol–water partition coefficient (Wildman–Crippen LogP) is 2.49. The normalized spacial score (nSPS) is 19.0. The van der Waals surface area contributed by atoms with E-state index in [0.717, 1.165) is 26.1 Å². The number of rotatable bonds is 9. The second kappa shape index (κ2) is 8.86. The van der Waals surface area contributed by atoms with Crippen LogP contribution in [0, 0.1) is 5.92 Å². The molecular weight excluding hydrogens is 282 g/mol. The summed E-state index contributed by atoms with van der Waals surface area (Å²) >= 11 is 0. The maximum Gasteiger partial charge on any atom is 0.203 e. The van der Waals surface area contributed by atoms with E-state index >= 15 is 0 Å². The number of methoxy groups -OCH3 is 2. The maximum atomic E-state index is 5.91. The zero-order valence-corrected chi connectivity index (χ0v) is 13.8. The summed E-state index contributed by atoms with van der Waals surface area (Å²) in [7, 11) is 3.27. The molecule has 0 radical (unpaired) electrons. The Morgan fingerprint density at radius 3 is 2.59 bits per heavy atom. The Hall–Kier alpha value is -1.46. The molecule has 5 heteroatoms. The molecule has 2 atom stereocenters. The van der Waals surface area contributed by atoms with Crippen molar-refractivity contribution in [1.29, 1.82) is 0 Å². The highest BCUT2D eigenvalue weighted by Crippen LogP contribution is 2.36. The Balaban J connectivity index is 1.76. The lowest BCUT2D eigenvalue weighted by atomic mass is 10.2. The summed E-state index contributed by atoms with van der Waals surface area (Å²) in [6, 6.07) is 5.63. The van der Waals surface area contributed by atoms with Gasteiger partial charge in [-0.15, -0.1) is 0 Å². The van der Waals surface area contributed by atoms with E-state index in [1.54, 1.807) is 14.2 Å². The quantitative estimate of drug-likeness (QED) is 0.759. The molecule has 1 aromatic rings. The van der Waals surface area contributed by atoms with Crippen molar-refractivity contribution < 1.29 is 18.9 Å². The summed E-state index contributed by atoms with van der Waals surface area (Å²) < 4.78 is 22.2.